The van der Waals surface area contributed by atoms with Crippen molar-refractivity contribution in [3.05, 3.63) is 16.1 Å². The van der Waals surface area contributed by atoms with E-state index in [0.717, 1.165) is 55.6 Å². The Morgan fingerprint density at radius 1 is 1.19 bits per heavy atom. The Bertz CT molecular complexity index is 503. The topological polar surface area (TPSA) is 58.5 Å². The monoisotopic (exact) mass is 494 g/mol. The zero-order chi connectivity index (χ0) is 17.7. The molecule has 0 unspecified atom stereocenters. The van der Waals surface area contributed by atoms with Crippen LogP contribution in [0.3, 0.4) is 0 Å². The van der Waals surface area contributed by atoms with Crippen LogP contribution in [-0.4, -0.2) is 43.8 Å². The molecule has 1 aromatic heterocycles. The summed E-state index contributed by atoms with van der Waals surface area (Å²) in [4.78, 5) is 8.75. The first-order valence-electron chi connectivity index (χ1n) is 9.75. The molecule has 0 spiro atoms. The molecule has 0 atom stereocenters. The molecule has 1 heterocycles. The van der Waals surface area contributed by atoms with E-state index in [1.165, 1.54) is 38.5 Å². The van der Waals surface area contributed by atoms with Gasteiger partial charge in [-0.3, -0.25) is 4.99 Å². The lowest BCUT2D eigenvalue weighted by molar-refractivity contribution is 0.0264. The van der Waals surface area contributed by atoms with E-state index in [2.05, 4.69) is 26.0 Å². The third kappa shape index (κ3) is 10.1. The van der Waals surface area contributed by atoms with Crippen LogP contribution < -0.4 is 10.6 Å². The Morgan fingerprint density at radius 3 is 2.65 bits per heavy atom. The second kappa shape index (κ2) is 14.6. The number of hydrogen-bond donors (Lipinski definition) is 2. The number of unbranched alkanes of at least 4 members (excludes halogenated alkanes) is 2. The van der Waals surface area contributed by atoms with Crippen molar-refractivity contribution in [2.75, 3.05) is 26.7 Å². The quantitative estimate of drug-likeness (QED) is 0.221. The lowest BCUT2D eigenvalue weighted by Crippen LogP contribution is -2.38. The van der Waals surface area contributed by atoms with Crippen molar-refractivity contribution in [3.63, 3.8) is 0 Å². The molecule has 1 fully saturated rings. The zero-order valence-electron chi connectivity index (χ0n) is 16.3. The largest absolute Gasteiger partial charge is 0.378 e. The van der Waals surface area contributed by atoms with Crippen molar-refractivity contribution in [3.8, 4) is 0 Å². The van der Waals surface area contributed by atoms with Crippen LogP contribution in [0, 0.1) is 6.92 Å². The van der Waals surface area contributed by atoms with E-state index in [1.54, 1.807) is 11.3 Å². The predicted octanol–water partition coefficient (Wildman–Crippen LogP) is 4.30. The molecular formula is C19H35IN4OS. The molecule has 0 aliphatic heterocycles. The summed E-state index contributed by atoms with van der Waals surface area (Å²) in [6.07, 6.45) is 11.6. The summed E-state index contributed by atoms with van der Waals surface area (Å²) in [7, 11) is 1.82. The second-order valence-electron chi connectivity index (χ2n) is 6.73. The minimum Gasteiger partial charge on any atom is -0.378 e. The van der Waals surface area contributed by atoms with Crippen LogP contribution in [0.25, 0.3) is 0 Å². The van der Waals surface area contributed by atoms with Crippen LogP contribution in [0.15, 0.2) is 10.4 Å². The summed E-state index contributed by atoms with van der Waals surface area (Å²) in [5.41, 5.74) is 1.16. The van der Waals surface area contributed by atoms with Crippen LogP contribution >= 0.6 is 35.3 Å². The Kier molecular flexibility index (Phi) is 13.3. The maximum absolute atomic E-state index is 5.97. The summed E-state index contributed by atoms with van der Waals surface area (Å²) < 4.78 is 5.97. The van der Waals surface area contributed by atoms with E-state index in [4.69, 9.17) is 4.74 Å². The summed E-state index contributed by atoms with van der Waals surface area (Å²) >= 11 is 1.71. The van der Waals surface area contributed by atoms with E-state index in [9.17, 15) is 0 Å². The number of halogens is 1. The van der Waals surface area contributed by atoms with Crippen LogP contribution in [-0.2, 0) is 11.2 Å². The van der Waals surface area contributed by atoms with Gasteiger partial charge in [0, 0.05) is 38.5 Å². The SMILES string of the molecule is CN=C(NCCCCCOC1CCCCC1)NCCc1csc(C)n1.I. The Hall–Kier alpha value is -0.410. The Labute approximate surface area is 179 Å². The number of aromatic nitrogens is 1. The highest BCUT2D eigenvalue weighted by molar-refractivity contribution is 14.0. The van der Waals surface area contributed by atoms with E-state index >= 15 is 0 Å². The fourth-order valence-corrected chi connectivity index (χ4v) is 3.79. The molecule has 0 aromatic carbocycles. The first kappa shape index (κ1) is 23.6. The number of rotatable bonds is 10. The van der Waals surface area contributed by atoms with Gasteiger partial charge in [-0.1, -0.05) is 19.3 Å². The highest BCUT2D eigenvalue weighted by Crippen LogP contribution is 2.20. The average molecular weight is 494 g/mol. The van der Waals surface area contributed by atoms with Crippen LogP contribution in [0.4, 0.5) is 0 Å². The number of nitrogens with one attached hydrogen (secondary N) is 2. The van der Waals surface area contributed by atoms with E-state index < -0.39 is 0 Å². The van der Waals surface area contributed by atoms with E-state index in [0.29, 0.717) is 6.10 Å². The molecule has 0 radical (unpaired) electrons. The highest BCUT2D eigenvalue weighted by Gasteiger charge is 2.12. The van der Waals surface area contributed by atoms with Crippen LogP contribution in [0.2, 0.25) is 0 Å². The first-order valence-corrected chi connectivity index (χ1v) is 10.6. The fourth-order valence-electron chi connectivity index (χ4n) is 3.15. The van der Waals surface area contributed by atoms with E-state index in [-0.39, 0.29) is 24.0 Å². The van der Waals surface area contributed by atoms with Crippen LogP contribution in [0.5, 0.6) is 0 Å². The third-order valence-electron chi connectivity index (χ3n) is 4.58. The van der Waals surface area contributed by atoms with Gasteiger partial charge in [0.1, 0.15) is 0 Å². The predicted molar refractivity (Wildman–Crippen MR) is 122 cm³/mol. The molecular weight excluding hydrogens is 459 g/mol. The van der Waals surface area contributed by atoms with Gasteiger partial charge < -0.3 is 15.4 Å². The van der Waals surface area contributed by atoms with Gasteiger partial charge in [0.2, 0.25) is 0 Å². The van der Waals surface area contributed by atoms with Crippen molar-refractivity contribution in [2.24, 2.45) is 4.99 Å². The molecule has 1 saturated carbocycles. The molecule has 26 heavy (non-hydrogen) atoms. The van der Waals surface area contributed by atoms with Crippen LogP contribution in [0.1, 0.15) is 62.1 Å². The van der Waals surface area contributed by atoms with Crippen molar-refractivity contribution in [1.82, 2.24) is 15.6 Å². The average Bonchev–Trinajstić information content (AvgIpc) is 3.05. The lowest BCUT2D eigenvalue weighted by Gasteiger charge is -2.21. The number of nitrogens with zero attached hydrogens (tertiary/aromatic N) is 2. The maximum Gasteiger partial charge on any atom is 0.190 e. The van der Waals surface area contributed by atoms with Gasteiger partial charge in [0.15, 0.2) is 5.96 Å². The second-order valence-corrected chi connectivity index (χ2v) is 7.79. The highest BCUT2D eigenvalue weighted by atomic mass is 127. The molecule has 7 heteroatoms. The fraction of sp³-hybridized carbons (Fsp3) is 0.789. The number of hydrogen-bond acceptors (Lipinski definition) is 4. The lowest BCUT2D eigenvalue weighted by atomic mass is 9.98. The van der Waals surface area contributed by atoms with Gasteiger partial charge in [-0.15, -0.1) is 35.3 Å². The molecule has 150 valence electrons. The Balaban J connectivity index is 0.00000338. The van der Waals surface area contributed by atoms with Crippen molar-refractivity contribution in [1.29, 1.82) is 0 Å². The number of aryl methyl sites for hydroxylation is 1. The zero-order valence-corrected chi connectivity index (χ0v) is 19.4. The molecule has 1 aliphatic carbocycles. The number of guanidine groups is 1. The molecule has 2 rings (SSSR count). The number of thiazole rings is 1. The Morgan fingerprint density at radius 2 is 1.96 bits per heavy atom. The van der Waals surface area contributed by atoms with E-state index in [1.807, 2.05) is 14.0 Å². The maximum atomic E-state index is 5.97. The number of ether oxygens (including phenoxy) is 1. The molecule has 0 bridgehead atoms. The number of aliphatic imine (C=N–C) groups is 1. The third-order valence-corrected chi connectivity index (χ3v) is 5.41. The summed E-state index contributed by atoms with van der Waals surface area (Å²) in [5.74, 6) is 0.880. The molecule has 0 saturated heterocycles. The molecule has 1 aromatic rings. The molecule has 2 N–H and O–H groups in total. The summed E-state index contributed by atoms with van der Waals surface area (Å²) in [5, 5.41) is 9.99. The van der Waals surface area contributed by atoms with Gasteiger partial charge in [-0.05, 0) is 39.0 Å². The van der Waals surface area contributed by atoms with Gasteiger partial charge in [0.05, 0.1) is 16.8 Å². The molecule has 0 amide bonds. The normalized spacial score (nSPS) is 15.5. The molecule has 1 aliphatic rings. The molecule has 5 nitrogen and oxygen atoms in total. The minimum atomic E-state index is 0. The smallest absolute Gasteiger partial charge is 0.190 e. The summed E-state index contributed by atoms with van der Waals surface area (Å²) in [6.45, 7) is 4.78. The van der Waals surface area contributed by atoms with Gasteiger partial charge in [0.25, 0.3) is 0 Å². The van der Waals surface area contributed by atoms with Gasteiger partial charge >= 0.3 is 0 Å². The summed E-state index contributed by atoms with van der Waals surface area (Å²) in [6, 6.07) is 0. The van der Waals surface area contributed by atoms with Gasteiger partial charge in [-0.2, -0.15) is 0 Å². The first-order chi connectivity index (χ1) is 12.3. The van der Waals surface area contributed by atoms with Crippen molar-refractivity contribution >= 4 is 41.3 Å². The van der Waals surface area contributed by atoms with Crippen molar-refractivity contribution in [2.45, 2.75) is 70.8 Å². The minimum absolute atomic E-state index is 0. The van der Waals surface area contributed by atoms with Crippen molar-refractivity contribution < 1.29 is 4.74 Å². The standard InChI is InChI=1S/C19H34N4OS.HI/c1-16-23-17(15-25-16)11-13-22-19(20-2)21-12-7-4-8-14-24-18-9-5-3-6-10-18;/h15,18H,3-14H2,1-2H3,(H2,20,21,22);1H. The van der Waals surface area contributed by atoms with Gasteiger partial charge in [-0.25, -0.2) is 4.98 Å².